The summed E-state index contributed by atoms with van der Waals surface area (Å²) >= 11 is 0. The van der Waals surface area contributed by atoms with Crippen molar-refractivity contribution in [3.63, 3.8) is 0 Å². The molecule has 0 rings (SSSR count). The molecule has 1 atom stereocenters. The summed E-state index contributed by atoms with van der Waals surface area (Å²) in [5, 5.41) is 2.92. The molecule has 2 heteroatoms. The van der Waals surface area contributed by atoms with Gasteiger partial charge in [0.15, 0.2) is 0 Å². The Kier molecular flexibility index (Phi) is 21.9. The van der Waals surface area contributed by atoms with Crippen molar-refractivity contribution in [2.24, 2.45) is 0 Å². The second-order valence-electron chi connectivity index (χ2n) is 1.19. The molecule has 0 aromatic rings. The van der Waals surface area contributed by atoms with Crippen LogP contribution in [0.5, 0.6) is 0 Å². The number of nitrogens with one attached hydrogen (secondary N) is 1. The van der Waals surface area contributed by atoms with Crippen molar-refractivity contribution in [2.45, 2.75) is 13.0 Å². The fraction of sp³-hybridized carbons (Fsp3) is 0.600. The van der Waals surface area contributed by atoms with E-state index in [1.54, 1.807) is 0 Å². The molecule has 0 aromatic heterocycles. The smallest absolute Gasteiger partial charge is 0.358 e. The molecule has 0 fully saturated rings. The number of hydrogen-bond acceptors (Lipinski definition) is 1. The van der Waals surface area contributed by atoms with Gasteiger partial charge in [0.25, 0.3) is 0 Å². The fourth-order valence-corrected chi connectivity index (χ4v) is 0. The van der Waals surface area contributed by atoms with Crippen LogP contribution in [-0.4, -0.2) is 13.1 Å². The van der Waals surface area contributed by atoms with E-state index in [2.05, 4.69) is 12.2 Å². The monoisotopic (exact) mass is 271 g/mol. The van der Waals surface area contributed by atoms with Crippen LogP contribution in [-0.2, 0) is 21.1 Å². The van der Waals surface area contributed by atoms with E-state index in [-0.39, 0.29) is 28.5 Å². The van der Waals surface area contributed by atoms with Gasteiger partial charge in [-0.05, 0) is 7.05 Å². The van der Waals surface area contributed by atoms with Gasteiger partial charge in [0.1, 0.15) is 0 Å². The van der Waals surface area contributed by atoms with E-state index in [1.807, 2.05) is 14.0 Å². The van der Waals surface area contributed by atoms with Crippen LogP contribution >= 0.6 is 0 Å². The van der Waals surface area contributed by atoms with E-state index >= 15 is 0 Å². The minimum Gasteiger partial charge on any atom is -0.358 e. The summed E-state index contributed by atoms with van der Waals surface area (Å²) in [6, 6.07) is 0.384. The van der Waals surface area contributed by atoms with Gasteiger partial charge < -0.3 is 19.7 Å². The van der Waals surface area contributed by atoms with Gasteiger partial charge in [0.2, 0.25) is 0 Å². The summed E-state index contributed by atoms with van der Waals surface area (Å²) in [5.74, 6) is 0. The van der Waals surface area contributed by atoms with Crippen LogP contribution in [0.4, 0.5) is 0 Å². The van der Waals surface area contributed by atoms with Crippen molar-refractivity contribution < 1.29 is 21.1 Å². The van der Waals surface area contributed by atoms with E-state index in [0.29, 0.717) is 6.04 Å². The van der Waals surface area contributed by atoms with Gasteiger partial charge in [0.05, 0.1) is 0 Å². The zero-order valence-corrected chi connectivity index (χ0v) is 8.13. The largest absolute Gasteiger partial charge is 2.00 e. The van der Waals surface area contributed by atoms with Crippen molar-refractivity contribution in [1.82, 2.24) is 5.32 Å². The molecule has 0 heterocycles. The van der Waals surface area contributed by atoms with Gasteiger partial charge in [-0.25, -0.2) is 0 Å². The Balaban J connectivity index is -0.0000000800. The fourth-order valence-electron chi connectivity index (χ4n) is 0. The minimum atomic E-state index is 0. The number of hydrogen-bond donors (Lipinski definition) is 1. The third-order valence-electron chi connectivity index (χ3n) is 0.493. The van der Waals surface area contributed by atoms with E-state index in [4.69, 9.17) is 0 Å². The van der Waals surface area contributed by atoms with Crippen molar-refractivity contribution in [3.05, 3.63) is 14.4 Å². The third-order valence-corrected chi connectivity index (χ3v) is 0.493. The van der Waals surface area contributed by atoms with Crippen molar-refractivity contribution in [1.29, 1.82) is 0 Å². The molecular formula is C5H13NW. The second kappa shape index (κ2) is 9.82. The van der Waals surface area contributed by atoms with Crippen molar-refractivity contribution in [2.75, 3.05) is 7.05 Å². The van der Waals surface area contributed by atoms with E-state index in [0.717, 1.165) is 0 Å². The molecule has 1 unspecified atom stereocenters. The first-order chi connectivity index (χ1) is 2.27. The second-order valence-corrected chi connectivity index (χ2v) is 1.19. The molecule has 0 saturated heterocycles. The van der Waals surface area contributed by atoms with Crippen LogP contribution in [0.3, 0.4) is 0 Å². The zero-order valence-electron chi connectivity index (χ0n) is 5.19. The summed E-state index contributed by atoms with van der Waals surface area (Å²) in [4.78, 5) is 0. The Hall–Kier alpha value is 0.648. The Morgan fingerprint density at radius 3 is 1.71 bits per heavy atom. The van der Waals surface area contributed by atoms with E-state index < -0.39 is 0 Å². The SMILES string of the molecule is [CH2-]C(C)NC.[CH3-].[W+2]. The van der Waals surface area contributed by atoms with Crippen LogP contribution < -0.4 is 5.32 Å². The molecule has 0 amide bonds. The normalized spacial score (nSPS) is 10.7. The predicted octanol–water partition coefficient (Wildman–Crippen LogP) is 0.876. The van der Waals surface area contributed by atoms with E-state index in [9.17, 15) is 0 Å². The quantitative estimate of drug-likeness (QED) is 0.698. The van der Waals surface area contributed by atoms with E-state index in [1.165, 1.54) is 0 Å². The van der Waals surface area contributed by atoms with Crippen LogP contribution in [0, 0.1) is 14.4 Å². The van der Waals surface area contributed by atoms with Crippen LogP contribution in [0.15, 0.2) is 0 Å². The van der Waals surface area contributed by atoms with Gasteiger partial charge >= 0.3 is 21.1 Å². The first-order valence-corrected chi connectivity index (χ1v) is 1.77. The van der Waals surface area contributed by atoms with Crippen molar-refractivity contribution >= 4 is 0 Å². The molecule has 0 aliphatic heterocycles. The maximum Gasteiger partial charge on any atom is 2.00 e. The summed E-state index contributed by atoms with van der Waals surface area (Å²) in [6.07, 6.45) is 0. The standard InChI is InChI=1S/C4H10N.CH3.W/c1-4(2)5-3;;/h4-5H,1H2,2-3H3;1H3;/q2*-1;+2. The number of rotatable bonds is 1. The molecule has 0 aliphatic rings. The zero-order chi connectivity index (χ0) is 4.28. The van der Waals surface area contributed by atoms with Crippen LogP contribution in [0.25, 0.3) is 0 Å². The van der Waals surface area contributed by atoms with Crippen LogP contribution in [0.1, 0.15) is 6.92 Å². The summed E-state index contributed by atoms with van der Waals surface area (Å²) in [7, 11) is 1.89. The average molecular weight is 271 g/mol. The predicted molar refractivity (Wildman–Crippen MR) is 30.3 cm³/mol. The molecule has 0 bridgehead atoms. The average Bonchev–Trinajstić information content (AvgIpc) is 1.38. The first kappa shape index (κ1) is 15.6. The topological polar surface area (TPSA) is 12.0 Å². The Morgan fingerprint density at radius 2 is 1.71 bits per heavy atom. The maximum atomic E-state index is 3.65. The third kappa shape index (κ3) is 20.5. The molecular weight excluding hydrogens is 258 g/mol. The Bertz CT molecular complexity index is 22.0. The molecule has 0 aromatic carbocycles. The summed E-state index contributed by atoms with van der Waals surface area (Å²) < 4.78 is 0. The minimum absolute atomic E-state index is 0. The van der Waals surface area contributed by atoms with Gasteiger partial charge in [-0.2, -0.15) is 0 Å². The summed E-state index contributed by atoms with van der Waals surface area (Å²) in [5.41, 5.74) is 0. The van der Waals surface area contributed by atoms with Gasteiger partial charge in [-0.3, -0.25) is 0 Å². The van der Waals surface area contributed by atoms with Gasteiger partial charge in [0, 0.05) is 0 Å². The molecule has 1 N–H and O–H groups in total. The Labute approximate surface area is 61.1 Å². The molecule has 0 saturated carbocycles. The molecule has 7 heavy (non-hydrogen) atoms. The summed E-state index contributed by atoms with van der Waals surface area (Å²) in [6.45, 7) is 5.65. The molecule has 1 nitrogen and oxygen atoms in total. The maximum absolute atomic E-state index is 3.65. The van der Waals surface area contributed by atoms with Gasteiger partial charge in [-0.1, -0.05) is 6.92 Å². The van der Waals surface area contributed by atoms with Crippen LogP contribution in [0.2, 0.25) is 0 Å². The first-order valence-electron chi connectivity index (χ1n) is 1.77. The van der Waals surface area contributed by atoms with Crippen molar-refractivity contribution in [3.8, 4) is 0 Å². The van der Waals surface area contributed by atoms with Gasteiger partial charge in [-0.15, -0.1) is 6.04 Å². The molecule has 0 spiro atoms. The molecule has 44 valence electrons. The molecule has 0 aliphatic carbocycles. The molecule has 0 radical (unpaired) electrons. The Morgan fingerprint density at radius 1 is 1.57 bits per heavy atom.